The van der Waals surface area contributed by atoms with Crippen LogP contribution in [0, 0.1) is 0 Å². The molecule has 116 valence electrons. The summed E-state index contributed by atoms with van der Waals surface area (Å²) in [6.07, 6.45) is 3.38. The van der Waals surface area contributed by atoms with Gasteiger partial charge in [0, 0.05) is 38.8 Å². The number of nitrogens with two attached hydrogens (primary N) is 1. The quantitative estimate of drug-likeness (QED) is 0.849. The molecule has 4 nitrogen and oxygen atoms in total. The van der Waals surface area contributed by atoms with E-state index < -0.39 is 5.60 Å². The Hall–Kier alpha value is -0.940. The highest BCUT2D eigenvalue weighted by Gasteiger charge is 2.32. The van der Waals surface area contributed by atoms with Crippen LogP contribution in [-0.4, -0.2) is 60.2 Å². The minimum Gasteiger partial charge on any atom is -0.384 e. The molecular formula is C17H27N3O. The average molecular weight is 289 g/mol. The van der Waals surface area contributed by atoms with Crippen LogP contribution >= 0.6 is 0 Å². The fraction of sp³-hybridized carbons (Fsp3) is 0.647. The summed E-state index contributed by atoms with van der Waals surface area (Å²) >= 11 is 0. The summed E-state index contributed by atoms with van der Waals surface area (Å²) in [5.74, 6) is 0. The van der Waals surface area contributed by atoms with Crippen LogP contribution in [0.4, 0.5) is 0 Å². The molecule has 0 aliphatic carbocycles. The van der Waals surface area contributed by atoms with E-state index in [4.69, 9.17) is 5.73 Å². The van der Waals surface area contributed by atoms with Gasteiger partial charge in [0.25, 0.3) is 0 Å². The topological polar surface area (TPSA) is 52.7 Å². The van der Waals surface area contributed by atoms with Crippen molar-refractivity contribution < 1.29 is 5.11 Å². The molecule has 3 rings (SSSR count). The van der Waals surface area contributed by atoms with Gasteiger partial charge in [-0.15, -0.1) is 0 Å². The number of aliphatic hydroxyl groups is 1. The molecule has 2 aliphatic heterocycles. The maximum atomic E-state index is 10.8. The minimum atomic E-state index is -0.895. The number of hydrogen-bond donors (Lipinski definition) is 2. The Morgan fingerprint density at radius 1 is 1.19 bits per heavy atom. The summed E-state index contributed by atoms with van der Waals surface area (Å²) in [7, 11) is 0. The first-order valence-electron chi connectivity index (χ1n) is 8.16. The van der Waals surface area contributed by atoms with E-state index in [1.165, 1.54) is 25.9 Å². The predicted molar refractivity (Wildman–Crippen MR) is 85.0 cm³/mol. The molecule has 0 aromatic heterocycles. The van der Waals surface area contributed by atoms with E-state index in [1.54, 1.807) is 0 Å². The third-order valence-electron chi connectivity index (χ3n) is 5.16. The van der Waals surface area contributed by atoms with Crippen molar-refractivity contribution in [2.24, 2.45) is 5.73 Å². The molecule has 2 heterocycles. The molecule has 0 radical (unpaired) electrons. The maximum absolute atomic E-state index is 10.8. The number of benzene rings is 1. The Balaban J connectivity index is 1.58. The van der Waals surface area contributed by atoms with Gasteiger partial charge in [-0.05, 0) is 31.4 Å². The number of hydrogen-bond acceptors (Lipinski definition) is 4. The standard InChI is InChI=1S/C17H27N3O/c18-14-17(21,15-5-2-1-3-6-15)8-10-19-11-12-20-9-4-7-16(20)13-19/h1-3,5-6,16,21H,4,7-14,18H2. The average Bonchev–Trinajstić information content (AvgIpc) is 3.01. The summed E-state index contributed by atoms with van der Waals surface area (Å²) < 4.78 is 0. The highest BCUT2D eigenvalue weighted by molar-refractivity contribution is 5.22. The second-order valence-corrected chi connectivity index (χ2v) is 6.48. The Kier molecular flexibility index (Phi) is 4.60. The third kappa shape index (κ3) is 3.29. The van der Waals surface area contributed by atoms with Crippen molar-refractivity contribution in [3.8, 4) is 0 Å². The van der Waals surface area contributed by atoms with E-state index >= 15 is 0 Å². The molecule has 1 aromatic rings. The maximum Gasteiger partial charge on any atom is 0.103 e. The number of rotatable bonds is 5. The normalized spacial score (nSPS) is 26.5. The molecule has 2 saturated heterocycles. The van der Waals surface area contributed by atoms with Crippen LogP contribution in [0.15, 0.2) is 30.3 Å². The molecule has 4 heteroatoms. The lowest BCUT2D eigenvalue weighted by Crippen LogP contribution is -2.51. The highest BCUT2D eigenvalue weighted by atomic mass is 16.3. The van der Waals surface area contributed by atoms with Gasteiger partial charge in [0.05, 0.1) is 0 Å². The fourth-order valence-corrected chi connectivity index (χ4v) is 3.71. The summed E-state index contributed by atoms with van der Waals surface area (Å²) in [5, 5.41) is 10.8. The van der Waals surface area contributed by atoms with Gasteiger partial charge in [0.2, 0.25) is 0 Å². The zero-order valence-corrected chi connectivity index (χ0v) is 12.7. The molecule has 2 atom stereocenters. The van der Waals surface area contributed by atoms with Gasteiger partial charge in [-0.1, -0.05) is 30.3 Å². The molecule has 3 N–H and O–H groups in total. The number of nitrogens with zero attached hydrogens (tertiary/aromatic N) is 2. The van der Waals surface area contributed by atoms with Crippen molar-refractivity contribution in [3.63, 3.8) is 0 Å². The molecule has 0 bridgehead atoms. The van der Waals surface area contributed by atoms with E-state index in [1.807, 2.05) is 30.3 Å². The molecule has 0 saturated carbocycles. The number of fused-ring (bicyclic) bond motifs is 1. The molecule has 21 heavy (non-hydrogen) atoms. The summed E-state index contributed by atoms with van der Waals surface area (Å²) in [6.45, 7) is 5.92. The summed E-state index contributed by atoms with van der Waals surface area (Å²) in [5.41, 5.74) is 5.91. The zero-order valence-electron chi connectivity index (χ0n) is 12.7. The van der Waals surface area contributed by atoms with Gasteiger partial charge in [-0.25, -0.2) is 0 Å². The molecular weight excluding hydrogens is 262 g/mol. The predicted octanol–water partition coefficient (Wildman–Crippen LogP) is 1.00. The summed E-state index contributed by atoms with van der Waals surface area (Å²) in [6, 6.07) is 10.6. The summed E-state index contributed by atoms with van der Waals surface area (Å²) in [4.78, 5) is 5.11. The van der Waals surface area contributed by atoms with Crippen molar-refractivity contribution in [2.45, 2.75) is 30.9 Å². The van der Waals surface area contributed by atoms with Gasteiger partial charge in [-0.3, -0.25) is 4.90 Å². The largest absolute Gasteiger partial charge is 0.384 e. The molecule has 2 aliphatic rings. The number of piperazine rings is 1. The minimum absolute atomic E-state index is 0.278. The van der Waals surface area contributed by atoms with E-state index in [-0.39, 0.29) is 6.54 Å². The van der Waals surface area contributed by atoms with Crippen LogP contribution in [-0.2, 0) is 5.60 Å². The Labute approximate surface area is 127 Å². The monoisotopic (exact) mass is 289 g/mol. The molecule has 2 unspecified atom stereocenters. The Bertz CT molecular complexity index is 453. The van der Waals surface area contributed by atoms with Crippen LogP contribution < -0.4 is 5.73 Å². The zero-order chi connectivity index (χ0) is 14.7. The smallest absolute Gasteiger partial charge is 0.103 e. The molecule has 0 amide bonds. The van der Waals surface area contributed by atoms with Crippen LogP contribution in [0.2, 0.25) is 0 Å². The van der Waals surface area contributed by atoms with Gasteiger partial charge < -0.3 is 15.7 Å². The van der Waals surface area contributed by atoms with Crippen LogP contribution in [0.25, 0.3) is 0 Å². The van der Waals surface area contributed by atoms with Gasteiger partial charge in [0.15, 0.2) is 0 Å². The lowest BCUT2D eigenvalue weighted by Gasteiger charge is -2.39. The van der Waals surface area contributed by atoms with Crippen molar-refractivity contribution in [3.05, 3.63) is 35.9 Å². The highest BCUT2D eigenvalue weighted by Crippen LogP contribution is 2.26. The van der Waals surface area contributed by atoms with Crippen LogP contribution in [0.5, 0.6) is 0 Å². The van der Waals surface area contributed by atoms with Crippen LogP contribution in [0.3, 0.4) is 0 Å². The SMILES string of the molecule is NCC(O)(CCN1CCN2CCCC2C1)c1ccccc1. The van der Waals surface area contributed by atoms with Gasteiger partial charge in [-0.2, -0.15) is 0 Å². The second-order valence-electron chi connectivity index (χ2n) is 6.48. The fourth-order valence-electron chi connectivity index (χ4n) is 3.71. The van der Waals surface area contributed by atoms with Crippen molar-refractivity contribution in [1.82, 2.24) is 9.80 Å². The van der Waals surface area contributed by atoms with Crippen molar-refractivity contribution >= 4 is 0 Å². The second kappa shape index (κ2) is 6.44. The van der Waals surface area contributed by atoms with E-state index in [0.29, 0.717) is 6.42 Å². The Morgan fingerprint density at radius 3 is 2.76 bits per heavy atom. The van der Waals surface area contributed by atoms with E-state index in [9.17, 15) is 5.11 Å². The van der Waals surface area contributed by atoms with Gasteiger partial charge >= 0.3 is 0 Å². The third-order valence-corrected chi connectivity index (χ3v) is 5.16. The molecule has 1 aromatic carbocycles. The van der Waals surface area contributed by atoms with Crippen LogP contribution in [0.1, 0.15) is 24.8 Å². The van der Waals surface area contributed by atoms with Crippen molar-refractivity contribution in [1.29, 1.82) is 0 Å². The lowest BCUT2D eigenvalue weighted by atomic mass is 9.90. The lowest BCUT2D eigenvalue weighted by molar-refractivity contribution is 0.0156. The van der Waals surface area contributed by atoms with E-state index in [0.717, 1.165) is 31.2 Å². The molecule has 2 fully saturated rings. The van der Waals surface area contributed by atoms with Crippen molar-refractivity contribution in [2.75, 3.05) is 39.3 Å². The van der Waals surface area contributed by atoms with E-state index in [2.05, 4.69) is 9.80 Å². The first-order valence-corrected chi connectivity index (χ1v) is 8.16. The first kappa shape index (κ1) is 15.0. The van der Waals surface area contributed by atoms with Gasteiger partial charge in [0.1, 0.15) is 5.60 Å². The first-order chi connectivity index (χ1) is 10.2. The Morgan fingerprint density at radius 2 is 2.00 bits per heavy atom. The molecule has 0 spiro atoms.